The van der Waals surface area contributed by atoms with Gasteiger partial charge in [0.25, 0.3) is 5.89 Å². The van der Waals surface area contributed by atoms with Crippen LogP contribution in [0.2, 0.25) is 0 Å². The lowest BCUT2D eigenvalue weighted by atomic mass is 9.98. The van der Waals surface area contributed by atoms with Crippen molar-refractivity contribution in [3.05, 3.63) is 11.7 Å². The largest absolute Gasteiger partial charge is 0.372 e. The van der Waals surface area contributed by atoms with Crippen LogP contribution in [0.3, 0.4) is 0 Å². The molecule has 2 rings (SSSR count). The third kappa shape index (κ3) is 2.76. The van der Waals surface area contributed by atoms with E-state index in [1.165, 1.54) is 0 Å². The summed E-state index contributed by atoms with van der Waals surface area (Å²) in [5.41, 5.74) is 0. The predicted molar refractivity (Wildman–Crippen MR) is 54.5 cm³/mol. The molecule has 1 N–H and O–H groups in total. The van der Waals surface area contributed by atoms with E-state index >= 15 is 0 Å². The lowest BCUT2D eigenvalue weighted by Crippen LogP contribution is -2.27. The minimum atomic E-state index is 0.425. The van der Waals surface area contributed by atoms with Gasteiger partial charge in [-0.15, -0.1) is 0 Å². The highest BCUT2D eigenvalue weighted by Crippen LogP contribution is 2.22. The van der Waals surface area contributed by atoms with E-state index in [1.54, 1.807) is 0 Å². The van der Waals surface area contributed by atoms with E-state index in [9.17, 15) is 0 Å². The summed E-state index contributed by atoms with van der Waals surface area (Å²) in [6.45, 7) is 5.13. The molecule has 5 nitrogen and oxygen atoms in total. The quantitative estimate of drug-likeness (QED) is 0.807. The van der Waals surface area contributed by atoms with Gasteiger partial charge in [-0.25, -0.2) is 0 Å². The summed E-state index contributed by atoms with van der Waals surface area (Å²) >= 11 is 0. The highest BCUT2D eigenvalue weighted by Gasteiger charge is 2.20. The van der Waals surface area contributed by atoms with Crippen LogP contribution in [-0.4, -0.2) is 29.8 Å². The van der Waals surface area contributed by atoms with E-state index < -0.39 is 0 Å². The molecule has 0 radical (unpaired) electrons. The van der Waals surface area contributed by atoms with Crippen LogP contribution in [0.15, 0.2) is 4.52 Å². The number of hydrogen-bond acceptors (Lipinski definition) is 5. The van der Waals surface area contributed by atoms with Crippen molar-refractivity contribution in [2.45, 2.75) is 32.3 Å². The number of ether oxygens (including phenoxy) is 1. The Balaban J connectivity index is 1.93. The molecule has 0 bridgehead atoms. The highest BCUT2D eigenvalue weighted by molar-refractivity contribution is 4.97. The summed E-state index contributed by atoms with van der Waals surface area (Å²) < 4.78 is 10.3. The van der Waals surface area contributed by atoms with Gasteiger partial charge in [0.1, 0.15) is 6.61 Å². The molecule has 0 aliphatic carbocycles. The maximum absolute atomic E-state index is 5.21. The van der Waals surface area contributed by atoms with Crippen LogP contribution < -0.4 is 5.32 Å². The van der Waals surface area contributed by atoms with Crippen molar-refractivity contribution in [1.82, 2.24) is 15.5 Å². The molecule has 5 heteroatoms. The maximum Gasteiger partial charge on any atom is 0.252 e. The maximum atomic E-state index is 5.21. The van der Waals surface area contributed by atoms with E-state index in [2.05, 4.69) is 15.5 Å². The fraction of sp³-hybridized carbons (Fsp3) is 0.800. The number of hydrogen-bond donors (Lipinski definition) is 1. The Hall–Kier alpha value is -0.940. The first-order valence-corrected chi connectivity index (χ1v) is 5.51. The summed E-state index contributed by atoms with van der Waals surface area (Å²) in [5, 5.41) is 7.31. The van der Waals surface area contributed by atoms with E-state index in [0.29, 0.717) is 25.0 Å². The molecular formula is C10H17N3O2. The number of nitrogens with one attached hydrogen (secondary N) is 1. The third-order valence-corrected chi connectivity index (χ3v) is 2.62. The van der Waals surface area contributed by atoms with Gasteiger partial charge in [0.2, 0.25) is 0 Å². The number of rotatable bonds is 4. The zero-order valence-electron chi connectivity index (χ0n) is 9.03. The van der Waals surface area contributed by atoms with E-state index in [0.717, 1.165) is 31.8 Å². The van der Waals surface area contributed by atoms with Crippen LogP contribution in [0.5, 0.6) is 0 Å². The van der Waals surface area contributed by atoms with Gasteiger partial charge >= 0.3 is 0 Å². The van der Waals surface area contributed by atoms with Gasteiger partial charge in [0.15, 0.2) is 5.82 Å². The lowest BCUT2D eigenvalue weighted by molar-refractivity contribution is 0.109. The van der Waals surface area contributed by atoms with E-state index in [-0.39, 0.29) is 0 Å². The van der Waals surface area contributed by atoms with Crippen LogP contribution >= 0.6 is 0 Å². The van der Waals surface area contributed by atoms with Crippen LogP contribution in [-0.2, 0) is 11.3 Å². The highest BCUT2D eigenvalue weighted by atomic mass is 16.5. The summed E-state index contributed by atoms with van der Waals surface area (Å²) in [5.74, 6) is 1.88. The molecule has 0 amide bonds. The van der Waals surface area contributed by atoms with Gasteiger partial charge < -0.3 is 14.6 Å². The Bertz CT molecular complexity index is 295. The Morgan fingerprint density at radius 2 is 2.27 bits per heavy atom. The second kappa shape index (κ2) is 5.23. The molecule has 15 heavy (non-hydrogen) atoms. The SMILES string of the molecule is CCOCc1nc(C2CCNCC2)no1. The minimum Gasteiger partial charge on any atom is -0.372 e. The second-order valence-electron chi connectivity index (χ2n) is 3.71. The van der Waals surface area contributed by atoms with Gasteiger partial charge in [-0.2, -0.15) is 4.98 Å². The standard InChI is InChI=1S/C10H17N3O2/c1-2-14-7-9-12-10(13-15-9)8-3-5-11-6-4-8/h8,11H,2-7H2,1H3. The molecule has 0 spiro atoms. The Labute approximate surface area is 89.2 Å². The van der Waals surface area contributed by atoms with Crippen LogP contribution in [0.1, 0.15) is 37.4 Å². The molecular weight excluding hydrogens is 194 g/mol. The van der Waals surface area contributed by atoms with Crippen molar-refractivity contribution in [2.75, 3.05) is 19.7 Å². The molecule has 1 aliphatic rings. The normalized spacial score (nSPS) is 18.2. The fourth-order valence-electron chi connectivity index (χ4n) is 1.76. The molecule has 84 valence electrons. The molecule has 1 aromatic rings. The third-order valence-electron chi connectivity index (χ3n) is 2.62. The van der Waals surface area contributed by atoms with Gasteiger partial charge in [-0.05, 0) is 32.9 Å². The van der Waals surface area contributed by atoms with Crippen LogP contribution in [0.25, 0.3) is 0 Å². The van der Waals surface area contributed by atoms with Crippen LogP contribution in [0, 0.1) is 0 Å². The molecule has 2 heterocycles. The van der Waals surface area contributed by atoms with Crippen molar-refractivity contribution in [2.24, 2.45) is 0 Å². The zero-order chi connectivity index (χ0) is 10.5. The first-order valence-electron chi connectivity index (χ1n) is 5.51. The number of piperidine rings is 1. The van der Waals surface area contributed by atoms with Crippen molar-refractivity contribution < 1.29 is 9.26 Å². The van der Waals surface area contributed by atoms with E-state index in [1.807, 2.05) is 6.92 Å². The summed E-state index contributed by atoms with van der Waals surface area (Å²) in [6.07, 6.45) is 2.18. The van der Waals surface area contributed by atoms with Gasteiger partial charge in [0.05, 0.1) is 0 Å². The molecule has 1 fully saturated rings. The van der Waals surface area contributed by atoms with Crippen molar-refractivity contribution in [3.63, 3.8) is 0 Å². The smallest absolute Gasteiger partial charge is 0.252 e. The predicted octanol–water partition coefficient (Wildman–Crippen LogP) is 1.07. The summed E-state index contributed by atoms with van der Waals surface area (Å²) in [4.78, 5) is 4.34. The van der Waals surface area contributed by atoms with E-state index in [4.69, 9.17) is 9.26 Å². The second-order valence-corrected chi connectivity index (χ2v) is 3.71. The fourth-order valence-corrected chi connectivity index (χ4v) is 1.76. The summed E-state index contributed by atoms with van der Waals surface area (Å²) in [6, 6.07) is 0. The van der Waals surface area contributed by atoms with Crippen molar-refractivity contribution in [3.8, 4) is 0 Å². The van der Waals surface area contributed by atoms with Crippen molar-refractivity contribution >= 4 is 0 Å². The van der Waals surface area contributed by atoms with Gasteiger partial charge in [-0.1, -0.05) is 5.16 Å². The monoisotopic (exact) mass is 211 g/mol. The average molecular weight is 211 g/mol. The summed E-state index contributed by atoms with van der Waals surface area (Å²) in [7, 11) is 0. The molecule has 0 saturated carbocycles. The van der Waals surface area contributed by atoms with Crippen molar-refractivity contribution in [1.29, 1.82) is 0 Å². The molecule has 1 aliphatic heterocycles. The van der Waals surface area contributed by atoms with Gasteiger partial charge in [-0.3, -0.25) is 0 Å². The lowest BCUT2D eigenvalue weighted by Gasteiger charge is -2.18. The van der Waals surface area contributed by atoms with Crippen LogP contribution in [0.4, 0.5) is 0 Å². The molecule has 0 aromatic carbocycles. The average Bonchev–Trinajstić information content (AvgIpc) is 2.76. The topological polar surface area (TPSA) is 60.2 Å². The number of aromatic nitrogens is 2. The molecule has 0 unspecified atom stereocenters. The first kappa shape index (κ1) is 10.6. The molecule has 1 aromatic heterocycles. The number of nitrogens with zero attached hydrogens (tertiary/aromatic N) is 2. The molecule has 0 atom stereocenters. The molecule has 1 saturated heterocycles. The Morgan fingerprint density at radius 1 is 1.47 bits per heavy atom. The zero-order valence-corrected chi connectivity index (χ0v) is 9.03. The van der Waals surface area contributed by atoms with Gasteiger partial charge in [0, 0.05) is 12.5 Å². The Kier molecular flexibility index (Phi) is 3.69. The Morgan fingerprint density at radius 3 is 3.00 bits per heavy atom. The first-order chi connectivity index (χ1) is 7.40. The minimum absolute atomic E-state index is 0.425.